The molecule has 8 nitrogen and oxygen atoms in total. The van der Waals surface area contributed by atoms with Gasteiger partial charge in [-0.05, 0) is 24.3 Å². The van der Waals surface area contributed by atoms with Gasteiger partial charge in [-0.2, -0.15) is 5.10 Å². The highest BCUT2D eigenvalue weighted by Gasteiger charge is 2.13. The number of hydrogen-bond donors (Lipinski definition) is 3. The van der Waals surface area contributed by atoms with E-state index in [0.29, 0.717) is 21.9 Å². The number of carbonyl (C=O) groups excluding carboxylic acids is 2. The number of nitrogens with one attached hydrogen (secondary N) is 2. The molecule has 0 saturated carbocycles. The third-order valence-corrected chi connectivity index (χ3v) is 3.35. The molecule has 0 radical (unpaired) electrons. The number of hydrazine groups is 1. The smallest absolute Gasteiger partial charge is 0.270 e. The maximum absolute atomic E-state index is 12.1. The minimum absolute atomic E-state index is 0. The van der Waals surface area contributed by atoms with Gasteiger partial charge in [-0.15, -0.1) is 12.4 Å². The molecule has 0 aliphatic heterocycles. The fraction of sp³-hybridized carbons (Fsp3) is 0. The second-order valence-corrected chi connectivity index (χ2v) is 5.04. The van der Waals surface area contributed by atoms with Crippen molar-refractivity contribution in [2.75, 3.05) is 5.32 Å². The van der Waals surface area contributed by atoms with Crippen molar-refractivity contribution in [3.8, 4) is 0 Å². The molecule has 0 aliphatic carbocycles. The van der Waals surface area contributed by atoms with Gasteiger partial charge in [-0.25, -0.2) is 15.3 Å². The molecular formula is C14H12Cl2N6O2. The summed E-state index contributed by atoms with van der Waals surface area (Å²) in [5.74, 6) is 4.29. The molecule has 0 fully saturated rings. The molecule has 0 bridgehead atoms. The molecule has 2 heterocycles. The summed E-state index contributed by atoms with van der Waals surface area (Å²) >= 11 is 5.79. The highest BCUT2D eigenvalue weighted by molar-refractivity contribution is 6.30. The Morgan fingerprint density at radius 3 is 2.50 bits per heavy atom. The van der Waals surface area contributed by atoms with E-state index in [9.17, 15) is 9.59 Å². The first kappa shape index (κ1) is 17.7. The first-order valence-corrected chi connectivity index (χ1v) is 6.87. The van der Waals surface area contributed by atoms with E-state index in [4.69, 9.17) is 17.4 Å². The third kappa shape index (κ3) is 3.46. The van der Waals surface area contributed by atoms with Crippen LogP contribution in [0.15, 0.2) is 42.9 Å². The molecule has 3 aromatic rings. The molecule has 4 N–H and O–H groups in total. The number of nitrogens with zero attached hydrogens (tertiary/aromatic N) is 3. The second kappa shape index (κ2) is 7.26. The number of halogens is 2. The van der Waals surface area contributed by atoms with Crippen LogP contribution in [0.1, 0.15) is 20.7 Å². The van der Waals surface area contributed by atoms with Crippen molar-refractivity contribution in [2.24, 2.45) is 5.84 Å². The number of fused-ring (bicyclic) bond motifs is 1. The summed E-state index contributed by atoms with van der Waals surface area (Å²) in [4.78, 5) is 27.8. The highest BCUT2D eigenvalue weighted by Crippen LogP contribution is 2.14. The first-order chi connectivity index (χ1) is 11.1. The van der Waals surface area contributed by atoms with Gasteiger partial charge in [-0.3, -0.25) is 15.0 Å². The molecule has 0 unspecified atom stereocenters. The van der Waals surface area contributed by atoms with Gasteiger partial charge in [0.15, 0.2) is 5.65 Å². The van der Waals surface area contributed by atoms with Gasteiger partial charge in [0, 0.05) is 10.6 Å². The number of rotatable bonds is 3. The summed E-state index contributed by atoms with van der Waals surface area (Å²) in [5.41, 5.74) is 3.48. The quantitative estimate of drug-likeness (QED) is 0.370. The molecule has 0 saturated heterocycles. The van der Waals surface area contributed by atoms with Gasteiger partial charge in [0.05, 0.1) is 24.3 Å². The van der Waals surface area contributed by atoms with Crippen molar-refractivity contribution < 1.29 is 9.59 Å². The van der Waals surface area contributed by atoms with Crippen LogP contribution in [0.25, 0.3) is 5.65 Å². The Bertz CT molecular complexity index is 894. The molecule has 0 spiro atoms. The lowest BCUT2D eigenvalue weighted by atomic mass is 10.2. The predicted octanol–water partition coefficient (Wildman–Crippen LogP) is 1.66. The molecule has 124 valence electrons. The van der Waals surface area contributed by atoms with Gasteiger partial charge >= 0.3 is 0 Å². The lowest BCUT2D eigenvalue weighted by molar-refractivity contribution is 0.0954. The van der Waals surface area contributed by atoms with Crippen molar-refractivity contribution in [3.05, 3.63) is 59.0 Å². The molecule has 2 amide bonds. The second-order valence-electron chi connectivity index (χ2n) is 4.60. The summed E-state index contributed by atoms with van der Waals surface area (Å²) in [7, 11) is 0. The molecule has 0 atom stereocenters. The number of aromatic nitrogens is 3. The topological polar surface area (TPSA) is 114 Å². The van der Waals surface area contributed by atoms with Crippen LogP contribution in [-0.4, -0.2) is 26.4 Å². The van der Waals surface area contributed by atoms with Gasteiger partial charge in [0.2, 0.25) is 0 Å². The molecule has 3 rings (SSSR count). The van der Waals surface area contributed by atoms with Crippen molar-refractivity contribution in [3.63, 3.8) is 0 Å². The van der Waals surface area contributed by atoms with Gasteiger partial charge < -0.3 is 5.32 Å². The summed E-state index contributed by atoms with van der Waals surface area (Å²) in [6.45, 7) is 0. The highest BCUT2D eigenvalue weighted by atomic mass is 35.5. The Kier molecular flexibility index (Phi) is 5.35. The number of hydrogen-bond acceptors (Lipinski definition) is 5. The van der Waals surface area contributed by atoms with Crippen LogP contribution in [0.3, 0.4) is 0 Å². The number of carbonyl (C=O) groups is 2. The van der Waals surface area contributed by atoms with Gasteiger partial charge in [0.25, 0.3) is 11.8 Å². The number of amides is 2. The summed E-state index contributed by atoms with van der Waals surface area (Å²) in [5, 5.41) is 7.25. The van der Waals surface area contributed by atoms with Crippen molar-refractivity contribution in [2.45, 2.75) is 0 Å². The SMILES string of the molecule is Cl.NNC(=O)c1cnn2cc(NC(=O)c3ccc(Cl)cc3)cnc12. The number of anilines is 1. The first-order valence-electron chi connectivity index (χ1n) is 6.50. The fourth-order valence-electron chi connectivity index (χ4n) is 1.98. The van der Waals surface area contributed by atoms with Crippen LogP contribution in [0.4, 0.5) is 5.69 Å². The Morgan fingerprint density at radius 1 is 1.12 bits per heavy atom. The monoisotopic (exact) mass is 366 g/mol. The normalized spacial score (nSPS) is 10.1. The Hall–Kier alpha value is -2.68. The van der Waals surface area contributed by atoms with Crippen molar-refractivity contribution in [1.29, 1.82) is 0 Å². The van der Waals surface area contributed by atoms with E-state index in [0.717, 1.165) is 0 Å². The minimum atomic E-state index is -0.495. The van der Waals surface area contributed by atoms with Crippen LogP contribution in [0, 0.1) is 0 Å². The third-order valence-electron chi connectivity index (χ3n) is 3.10. The molecular weight excluding hydrogens is 355 g/mol. The minimum Gasteiger partial charge on any atom is -0.319 e. The van der Waals surface area contributed by atoms with E-state index in [1.54, 1.807) is 30.5 Å². The predicted molar refractivity (Wildman–Crippen MR) is 91.3 cm³/mol. The molecule has 10 heteroatoms. The average molecular weight is 367 g/mol. The average Bonchev–Trinajstić information content (AvgIpc) is 2.98. The molecule has 2 aromatic heterocycles. The number of nitrogens with two attached hydrogens (primary N) is 1. The zero-order chi connectivity index (χ0) is 16.4. The fourth-order valence-corrected chi connectivity index (χ4v) is 2.11. The van der Waals surface area contributed by atoms with Crippen LogP contribution in [0.2, 0.25) is 5.02 Å². The van der Waals surface area contributed by atoms with E-state index >= 15 is 0 Å². The maximum atomic E-state index is 12.1. The summed E-state index contributed by atoms with van der Waals surface area (Å²) in [6.07, 6.45) is 4.32. The Morgan fingerprint density at radius 2 is 1.83 bits per heavy atom. The van der Waals surface area contributed by atoms with Crippen LogP contribution >= 0.6 is 24.0 Å². The van der Waals surface area contributed by atoms with E-state index in [-0.39, 0.29) is 23.9 Å². The van der Waals surface area contributed by atoms with E-state index < -0.39 is 5.91 Å². The van der Waals surface area contributed by atoms with Crippen molar-refractivity contribution >= 4 is 47.2 Å². The zero-order valence-corrected chi connectivity index (χ0v) is 13.6. The van der Waals surface area contributed by atoms with Crippen LogP contribution in [-0.2, 0) is 0 Å². The zero-order valence-electron chi connectivity index (χ0n) is 12.1. The summed E-state index contributed by atoms with van der Waals surface area (Å²) in [6, 6.07) is 6.48. The molecule has 0 aliphatic rings. The summed E-state index contributed by atoms with van der Waals surface area (Å²) < 4.78 is 1.38. The molecule has 1 aromatic carbocycles. The van der Waals surface area contributed by atoms with E-state index in [1.165, 1.54) is 16.9 Å². The maximum Gasteiger partial charge on any atom is 0.270 e. The van der Waals surface area contributed by atoms with Crippen molar-refractivity contribution in [1.82, 2.24) is 20.0 Å². The lowest BCUT2D eigenvalue weighted by Crippen LogP contribution is -2.29. The van der Waals surface area contributed by atoms with Crippen LogP contribution < -0.4 is 16.6 Å². The van der Waals surface area contributed by atoms with Gasteiger partial charge in [-0.1, -0.05) is 11.6 Å². The lowest BCUT2D eigenvalue weighted by Gasteiger charge is -2.05. The largest absolute Gasteiger partial charge is 0.319 e. The number of nitrogen functional groups attached to an aromatic ring is 1. The Labute approximate surface area is 147 Å². The Balaban J connectivity index is 0.00000208. The standard InChI is InChI=1S/C14H11ClN6O2.ClH/c15-9-3-1-8(2-4-9)13(22)19-10-5-17-12-11(14(23)20-16)6-18-21(12)7-10;/h1-7H,16H2,(H,19,22)(H,20,23);1H. The van der Waals surface area contributed by atoms with Gasteiger partial charge in [0.1, 0.15) is 5.56 Å². The molecule has 24 heavy (non-hydrogen) atoms. The van der Waals surface area contributed by atoms with Crippen LogP contribution in [0.5, 0.6) is 0 Å². The number of benzene rings is 1. The van der Waals surface area contributed by atoms with E-state index in [2.05, 4.69) is 15.4 Å². The van der Waals surface area contributed by atoms with E-state index in [1.807, 2.05) is 5.43 Å².